The third-order valence-corrected chi connectivity index (χ3v) is 3.89. The molecule has 0 aromatic heterocycles. The molecule has 0 amide bonds. The van der Waals surface area contributed by atoms with Gasteiger partial charge in [0.15, 0.2) is 11.5 Å². The molecule has 1 atom stereocenters. The van der Waals surface area contributed by atoms with E-state index in [0.29, 0.717) is 12.7 Å². The number of benzene rings is 1. The fourth-order valence-electron chi connectivity index (χ4n) is 2.34. The van der Waals surface area contributed by atoms with Crippen LogP contribution in [-0.2, 0) is 11.3 Å². The minimum atomic E-state index is 0.364. The van der Waals surface area contributed by atoms with Gasteiger partial charge in [0, 0.05) is 19.7 Å². The van der Waals surface area contributed by atoms with E-state index in [1.165, 1.54) is 6.42 Å². The maximum absolute atomic E-state index is 5.59. The van der Waals surface area contributed by atoms with Gasteiger partial charge in [-0.1, -0.05) is 0 Å². The Morgan fingerprint density at radius 1 is 1.45 bits per heavy atom. The van der Waals surface area contributed by atoms with Gasteiger partial charge in [-0.15, -0.1) is 0 Å². The molecule has 20 heavy (non-hydrogen) atoms. The highest BCUT2D eigenvalue weighted by molar-refractivity contribution is 9.10. The molecule has 1 fully saturated rings. The van der Waals surface area contributed by atoms with Gasteiger partial charge in [0.05, 0.1) is 24.3 Å². The summed E-state index contributed by atoms with van der Waals surface area (Å²) in [5, 5.41) is 3.43. The minimum absolute atomic E-state index is 0.364. The fourth-order valence-corrected chi connectivity index (χ4v) is 2.95. The zero-order chi connectivity index (χ0) is 14.4. The van der Waals surface area contributed by atoms with Crippen molar-refractivity contribution in [1.29, 1.82) is 0 Å². The first kappa shape index (κ1) is 15.6. The van der Waals surface area contributed by atoms with E-state index in [2.05, 4.69) is 27.3 Å². The minimum Gasteiger partial charge on any atom is -0.493 e. The molecule has 1 aliphatic rings. The summed E-state index contributed by atoms with van der Waals surface area (Å²) < 4.78 is 17.5. The first-order valence-corrected chi connectivity index (χ1v) is 7.85. The average Bonchev–Trinajstić information content (AvgIpc) is 2.94. The van der Waals surface area contributed by atoms with Gasteiger partial charge in [0.2, 0.25) is 0 Å². The monoisotopic (exact) mass is 343 g/mol. The first-order chi connectivity index (χ1) is 9.74. The normalized spacial score (nSPS) is 18.2. The molecule has 0 radical (unpaired) electrons. The number of ether oxygens (including phenoxy) is 3. The average molecular weight is 344 g/mol. The van der Waals surface area contributed by atoms with Crippen molar-refractivity contribution in [2.45, 2.75) is 32.4 Å². The molecule has 0 saturated carbocycles. The van der Waals surface area contributed by atoms with Crippen LogP contribution in [0, 0.1) is 0 Å². The Labute approximate surface area is 128 Å². The standard InChI is InChI=1S/C15H22BrNO3/c1-3-19-15-13(16)7-11(8-14(15)18-2)9-17-10-12-5-4-6-20-12/h7-8,12,17H,3-6,9-10H2,1-2H3. The summed E-state index contributed by atoms with van der Waals surface area (Å²) in [5.74, 6) is 1.52. The van der Waals surface area contributed by atoms with E-state index in [1.807, 2.05) is 13.0 Å². The van der Waals surface area contributed by atoms with Crippen LogP contribution in [0.25, 0.3) is 0 Å². The zero-order valence-corrected chi connectivity index (χ0v) is 13.7. The highest BCUT2D eigenvalue weighted by Gasteiger charge is 2.15. The first-order valence-electron chi connectivity index (χ1n) is 7.06. The smallest absolute Gasteiger partial charge is 0.175 e. The van der Waals surface area contributed by atoms with Crippen molar-refractivity contribution in [1.82, 2.24) is 5.32 Å². The lowest BCUT2D eigenvalue weighted by Crippen LogP contribution is -2.25. The van der Waals surface area contributed by atoms with E-state index in [0.717, 1.165) is 47.7 Å². The predicted octanol–water partition coefficient (Wildman–Crippen LogP) is 3.13. The second-order valence-electron chi connectivity index (χ2n) is 4.81. The molecule has 4 nitrogen and oxygen atoms in total. The molecule has 5 heteroatoms. The molecule has 1 unspecified atom stereocenters. The van der Waals surface area contributed by atoms with Crippen LogP contribution >= 0.6 is 15.9 Å². The highest BCUT2D eigenvalue weighted by atomic mass is 79.9. The van der Waals surface area contributed by atoms with Gasteiger partial charge in [-0.05, 0) is 53.4 Å². The number of methoxy groups -OCH3 is 1. The second kappa shape index (κ2) is 7.86. The zero-order valence-electron chi connectivity index (χ0n) is 12.1. The Morgan fingerprint density at radius 3 is 2.95 bits per heavy atom. The summed E-state index contributed by atoms with van der Waals surface area (Å²) >= 11 is 3.54. The van der Waals surface area contributed by atoms with Gasteiger partial charge in [-0.2, -0.15) is 0 Å². The maximum Gasteiger partial charge on any atom is 0.175 e. The number of nitrogens with one attached hydrogen (secondary N) is 1. The second-order valence-corrected chi connectivity index (χ2v) is 5.66. The molecule has 0 bridgehead atoms. The largest absolute Gasteiger partial charge is 0.493 e. The summed E-state index contributed by atoms with van der Waals surface area (Å²) in [6.45, 7) is 5.16. The van der Waals surface area contributed by atoms with Crippen LogP contribution in [0.2, 0.25) is 0 Å². The van der Waals surface area contributed by atoms with Gasteiger partial charge in [-0.3, -0.25) is 0 Å². The van der Waals surface area contributed by atoms with Crippen molar-refractivity contribution in [3.05, 3.63) is 22.2 Å². The SMILES string of the molecule is CCOc1c(Br)cc(CNCC2CCCO2)cc1OC. The lowest BCUT2D eigenvalue weighted by molar-refractivity contribution is 0.110. The van der Waals surface area contributed by atoms with Crippen LogP contribution in [-0.4, -0.2) is 33.0 Å². The molecular weight excluding hydrogens is 322 g/mol. The Hall–Kier alpha value is -0.780. The number of hydrogen-bond donors (Lipinski definition) is 1. The molecule has 2 rings (SSSR count). The van der Waals surface area contributed by atoms with Crippen LogP contribution < -0.4 is 14.8 Å². The van der Waals surface area contributed by atoms with Crippen molar-refractivity contribution in [2.24, 2.45) is 0 Å². The van der Waals surface area contributed by atoms with Crippen molar-refractivity contribution >= 4 is 15.9 Å². The Balaban J connectivity index is 1.95. The number of hydrogen-bond acceptors (Lipinski definition) is 4. The lowest BCUT2D eigenvalue weighted by Gasteiger charge is -2.15. The lowest BCUT2D eigenvalue weighted by atomic mass is 10.2. The Morgan fingerprint density at radius 2 is 2.30 bits per heavy atom. The molecule has 112 valence electrons. The molecule has 0 aliphatic carbocycles. The molecular formula is C15H22BrNO3. The topological polar surface area (TPSA) is 39.7 Å². The van der Waals surface area contributed by atoms with E-state index in [-0.39, 0.29) is 0 Å². The maximum atomic E-state index is 5.59. The van der Waals surface area contributed by atoms with Crippen LogP contribution in [0.5, 0.6) is 11.5 Å². The van der Waals surface area contributed by atoms with Crippen molar-refractivity contribution in [2.75, 3.05) is 26.9 Å². The Bertz CT molecular complexity index is 433. The fraction of sp³-hybridized carbons (Fsp3) is 0.600. The molecule has 1 aliphatic heterocycles. The predicted molar refractivity (Wildman–Crippen MR) is 82.5 cm³/mol. The van der Waals surface area contributed by atoms with Gasteiger partial charge in [0.25, 0.3) is 0 Å². The molecule has 1 saturated heterocycles. The van der Waals surface area contributed by atoms with E-state index >= 15 is 0 Å². The van der Waals surface area contributed by atoms with Gasteiger partial charge < -0.3 is 19.5 Å². The van der Waals surface area contributed by atoms with E-state index in [4.69, 9.17) is 14.2 Å². The van der Waals surface area contributed by atoms with Crippen molar-refractivity contribution in [3.63, 3.8) is 0 Å². The summed E-state index contributed by atoms with van der Waals surface area (Å²) in [6.07, 6.45) is 2.70. The van der Waals surface area contributed by atoms with E-state index in [9.17, 15) is 0 Å². The van der Waals surface area contributed by atoms with Crippen LogP contribution in [0.15, 0.2) is 16.6 Å². The molecule has 1 N–H and O–H groups in total. The third-order valence-electron chi connectivity index (χ3n) is 3.30. The van der Waals surface area contributed by atoms with Gasteiger partial charge >= 0.3 is 0 Å². The molecule has 1 aromatic carbocycles. The summed E-state index contributed by atoms with van der Waals surface area (Å²) in [5.41, 5.74) is 1.16. The Kier molecular flexibility index (Phi) is 6.13. The van der Waals surface area contributed by atoms with Crippen LogP contribution in [0.4, 0.5) is 0 Å². The van der Waals surface area contributed by atoms with Crippen molar-refractivity contribution < 1.29 is 14.2 Å². The van der Waals surface area contributed by atoms with E-state index in [1.54, 1.807) is 7.11 Å². The van der Waals surface area contributed by atoms with Gasteiger partial charge in [-0.25, -0.2) is 0 Å². The summed E-state index contributed by atoms with van der Waals surface area (Å²) in [4.78, 5) is 0. The van der Waals surface area contributed by atoms with E-state index < -0.39 is 0 Å². The highest BCUT2D eigenvalue weighted by Crippen LogP contribution is 2.36. The summed E-state index contributed by atoms with van der Waals surface area (Å²) in [6, 6.07) is 4.08. The quantitative estimate of drug-likeness (QED) is 0.825. The van der Waals surface area contributed by atoms with Crippen molar-refractivity contribution in [3.8, 4) is 11.5 Å². The van der Waals surface area contributed by atoms with Gasteiger partial charge in [0.1, 0.15) is 0 Å². The number of halogens is 1. The molecule has 1 heterocycles. The van der Waals surface area contributed by atoms with Crippen LogP contribution in [0.1, 0.15) is 25.3 Å². The molecule has 1 aromatic rings. The van der Waals surface area contributed by atoms with Crippen LogP contribution in [0.3, 0.4) is 0 Å². The number of rotatable bonds is 7. The summed E-state index contributed by atoms with van der Waals surface area (Å²) in [7, 11) is 1.66. The third kappa shape index (κ3) is 4.11. The molecule has 0 spiro atoms.